The third-order valence-corrected chi connectivity index (χ3v) is 3.06. The summed E-state index contributed by atoms with van der Waals surface area (Å²) in [7, 11) is 0. The van der Waals surface area contributed by atoms with Gasteiger partial charge in [-0.3, -0.25) is 0 Å². The fourth-order valence-electron chi connectivity index (χ4n) is 1.63. The molecule has 5 N–H and O–H groups in total. The van der Waals surface area contributed by atoms with Crippen LogP contribution in [0.2, 0.25) is 5.02 Å². The first-order valence-electron chi connectivity index (χ1n) is 6.59. The number of aliphatic hydroxyl groups is 2. The third kappa shape index (κ3) is 5.01. The number of benzene rings is 1. The average Bonchev–Trinajstić information content (AvgIpc) is 2.40. The Balaban J connectivity index is 2.68. The van der Waals surface area contributed by atoms with Crippen LogP contribution in [0.3, 0.4) is 0 Å². The molecule has 124 valence electrons. The van der Waals surface area contributed by atoms with Gasteiger partial charge < -0.3 is 26.0 Å². The van der Waals surface area contributed by atoms with Gasteiger partial charge in [0, 0.05) is 12.1 Å². The van der Waals surface area contributed by atoms with Crippen LogP contribution in [0.15, 0.2) is 12.1 Å². The molecule has 0 radical (unpaired) electrons. The number of aliphatic hydroxyl groups excluding tert-OH is 2. The summed E-state index contributed by atoms with van der Waals surface area (Å²) in [5, 5.41) is 21.8. The van der Waals surface area contributed by atoms with Gasteiger partial charge in [0.25, 0.3) is 0 Å². The van der Waals surface area contributed by atoms with Crippen molar-refractivity contribution in [3.05, 3.63) is 28.5 Å². The van der Waals surface area contributed by atoms with Crippen molar-refractivity contribution in [1.82, 2.24) is 5.32 Å². The Labute approximate surface area is 133 Å². The van der Waals surface area contributed by atoms with Crippen LogP contribution in [0.4, 0.5) is 14.9 Å². The Morgan fingerprint density at radius 2 is 2.05 bits per heavy atom. The van der Waals surface area contributed by atoms with Gasteiger partial charge in [-0.1, -0.05) is 17.7 Å². The van der Waals surface area contributed by atoms with Crippen LogP contribution >= 0.6 is 11.6 Å². The molecule has 0 fully saturated rings. The number of halogens is 2. The van der Waals surface area contributed by atoms with Gasteiger partial charge in [0.15, 0.2) is 5.82 Å². The largest absolute Gasteiger partial charge is 0.444 e. The second kappa shape index (κ2) is 7.13. The molecule has 1 amide bonds. The van der Waals surface area contributed by atoms with Gasteiger partial charge in [0.1, 0.15) is 17.8 Å². The van der Waals surface area contributed by atoms with Crippen LogP contribution in [-0.4, -0.2) is 34.6 Å². The van der Waals surface area contributed by atoms with E-state index in [2.05, 4.69) is 5.32 Å². The lowest BCUT2D eigenvalue weighted by Gasteiger charge is -2.22. The molecule has 1 rings (SSSR count). The molecule has 2 atom stereocenters. The van der Waals surface area contributed by atoms with Crippen molar-refractivity contribution in [2.45, 2.75) is 38.6 Å². The minimum atomic E-state index is -1.49. The highest BCUT2D eigenvalue weighted by molar-refractivity contribution is 6.31. The second-order valence-corrected chi connectivity index (χ2v) is 6.14. The Morgan fingerprint density at radius 3 is 2.59 bits per heavy atom. The van der Waals surface area contributed by atoms with Crippen LogP contribution in [0, 0.1) is 5.82 Å². The summed E-state index contributed by atoms with van der Waals surface area (Å²) in [4.78, 5) is 11.5. The summed E-state index contributed by atoms with van der Waals surface area (Å²) < 4.78 is 18.6. The van der Waals surface area contributed by atoms with Crippen LogP contribution in [0.1, 0.15) is 32.4 Å². The summed E-state index contributed by atoms with van der Waals surface area (Å²) in [6.07, 6.45) is -3.63. The molecule has 1 aromatic rings. The highest BCUT2D eigenvalue weighted by Gasteiger charge is 2.24. The molecule has 0 bridgehead atoms. The fraction of sp³-hybridized carbons (Fsp3) is 0.500. The van der Waals surface area contributed by atoms with Crippen molar-refractivity contribution >= 4 is 23.4 Å². The zero-order valence-electron chi connectivity index (χ0n) is 12.6. The molecule has 0 saturated heterocycles. The first kappa shape index (κ1) is 18.5. The van der Waals surface area contributed by atoms with Crippen molar-refractivity contribution in [3.8, 4) is 0 Å². The van der Waals surface area contributed by atoms with Crippen molar-refractivity contribution in [1.29, 1.82) is 0 Å². The molecule has 22 heavy (non-hydrogen) atoms. The van der Waals surface area contributed by atoms with E-state index in [9.17, 15) is 19.4 Å². The second-order valence-electron chi connectivity index (χ2n) is 5.77. The molecule has 0 heterocycles. The number of alkyl carbamates (subject to hydrolysis) is 1. The SMILES string of the molecule is CC(C)(C)OC(=O)NCC(O)C(O)c1ccc(N)c(F)c1Cl. The van der Waals surface area contributed by atoms with Gasteiger partial charge >= 0.3 is 6.09 Å². The maximum atomic E-state index is 13.6. The summed E-state index contributed by atoms with van der Waals surface area (Å²) in [5.74, 6) is -0.870. The van der Waals surface area contributed by atoms with E-state index in [0.717, 1.165) is 0 Å². The normalized spacial score (nSPS) is 14.3. The maximum Gasteiger partial charge on any atom is 0.407 e. The Hall–Kier alpha value is -1.57. The Bertz CT molecular complexity index is 548. The molecule has 8 heteroatoms. The lowest BCUT2D eigenvalue weighted by molar-refractivity contribution is 0.0129. The minimum Gasteiger partial charge on any atom is -0.444 e. The van der Waals surface area contributed by atoms with Gasteiger partial charge in [-0.25, -0.2) is 9.18 Å². The molecule has 0 saturated carbocycles. The van der Waals surface area contributed by atoms with Gasteiger partial charge in [-0.05, 0) is 26.8 Å². The summed E-state index contributed by atoms with van der Waals surface area (Å²) >= 11 is 5.75. The van der Waals surface area contributed by atoms with Crippen molar-refractivity contribution in [2.24, 2.45) is 0 Å². The molecule has 0 aromatic heterocycles. The number of anilines is 1. The molecule has 0 aliphatic heterocycles. The van der Waals surface area contributed by atoms with Gasteiger partial charge in [0.2, 0.25) is 0 Å². The maximum absolute atomic E-state index is 13.6. The number of nitrogens with one attached hydrogen (secondary N) is 1. The van der Waals surface area contributed by atoms with E-state index in [0.29, 0.717) is 0 Å². The number of carbonyl (C=O) groups is 1. The lowest BCUT2D eigenvalue weighted by Crippen LogP contribution is -2.38. The zero-order chi connectivity index (χ0) is 17.1. The van der Waals surface area contributed by atoms with E-state index in [4.69, 9.17) is 22.1 Å². The van der Waals surface area contributed by atoms with Crippen LogP contribution in [0.5, 0.6) is 0 Å². The first-order chi connectivity index (χ1) is 10.0. The van der Waals surface area contributed by atoms with E-state index in [1.165, 1.54) is 12.1 Å². The smallest absolute Gasteiger partial charge is 0.407 e. The summed E-state index contributed by atoms with van der Waals surface area (Å²) in [6.45, 7) is 4.77. The lowest BCUT2D eigenvalue weighted by atomic mass is 10.0. The van der Waals surface area contributed by atoms with Crippen molar-refractivity contribution < 1.29 is 24.1 Å². The van der Waals surface area contributed by atoms with Crippen LogP contribution < -0.4 is 11.1 Å². The Kier molecular flexibility index (Phi) is 5.99. The topological polar surface area (TPSA) is 105 Å². The zero-order valence-corrected chi connectivity index (χ0v) is 13.3. The van der Waals surface area contributed by atoms with Gasteiger partial charge in [-0.15, -0.1) is 0 Å². The highest BCUT2D eigenvalue weighted by atomic mass is 35.5. The van der Waals surface area contributed by atoms with E-state index in [1.54, 1.807) is 20.8 Å². The predicted molar refractivity (Wildman–Crippen MR) is 81.0 cm³/mol. The molecular weight excluding hydrogens is 315 g/mol. The van der Waals surface area contributed by atoms with Gasteiger partial charge in [0.05, 0.1) is 10.7 Å². The van der Waals surface area contributed by atoms with E-state index in [1.807, 2.05) is 0 Å². The molecule has 6 nitrogen and oxygen atoms in total. The number of rotatable bonds is 4. The van der Waals surface area contributed by atoms with E-state index in [-0.39, 0.29) is 22.8 Å². The van der Waals surface area contributed by atoms with Crippen LogP contribution in [0.25, 0.3) is 0 Å². The van der Waals surface area contributed by atoms with E-state index < -0.39 is 29.7 Å². The summed E-state index contributed by atoms with van der Waals surface area (Å²) in [5.41, 5.74) is 4.48. The third-order valence-electron chi connectivity index (χ3n) is 2.68. The molecule has 2 unspecified atom stereocenters. The number of hydrogen-bond donors (Lipinski definition) is 4. The molecule has 0 aliphatic carbocycles. The number of ether oxygens (including phenoxy) is 1. The number of nitrogens with two attached hydrogens (primary N) is 1. The minimum absolute atomic E-state index is 0.0214. The van der Waals surface area contributed by atoms with Crippen molar-refractivity contribution in [2.75, 3.05) is 12.3 Å². The van der Waals surface area contributed by atoms with Crippen LogP contribution in [-0.2, 0) is 4.74 Å². The molecule has 0 aliphatic rings. The number of hydrogen-bond acceptors (Lipinski definition) is 5. The predicted octanol–water partition coefficient (Wildman–Crippen LogP) is 1.98. The molecule has 1 aromatic carbocycles. The summed E-state index contributed by atoms with van der Waals surface area (Å²) in [6, 6.07) is 2.54. The quantitative estimate of drug-likeness (QED) is 0.630. The fourth-order valence-corrected chi connectivity index (χ4v) is 1.91. The Morgan fingerprint density at radius 1 is 1.45 bits per heavy atom. The standard InChI is InChI=1S/C14H20ClFN2O4/c1-14(2,3)22-13(21)18-6-9(19)12(20)7-4-5-8(17)11(16)10(7)15/h4-5,9,12,19-20H,6,17H2,1-3H3,(H,18,21). The average molecular weight is 335 g/mol. The number of amides is 1. The van der Waals surface area contributed by atoms with Crippen molar-refractivity contribution in [3.63, 3.8) is 0 Å². The molecule has 0 spiro atoms. The first-order valence-corrected chi connectivity index (χ1v) is 6.97. The number of carbonyl (C=O) groups excluding carboxylic acids is 1. The molecular formula is C14H20ClFN2O4. The van der Waals surface area contributed by atoms with E-state index >= 15 is 0 Å². The van der Waals surface area contributed by atoms with Gasteiger partial charge in [-0.2, -0.15) is 0 Å². The monoisotopic (exact) mass is 334 g/mol. The number of nitrogen functional groups attached to an aromatic ring is 1. The highest BCUT2D eigenvalue weighted by Crippen LogP contribution is 2.30.